The average Bonchev–Trinajstić information content (AvgIpc) is 2.95. The van der Waals surface area contributed by atoms with Gasteiger partial charge in [0, 0.05) is 52.0 Å². The third-order valence-corrected chi connectivity index (χ3v) is 18.8. The van der Waals surface area contributed by atoms with Crippen molar-refractivity contribution >= 4 is 35.5 Å². The Labute approximate surface area is 513 Å². The van der Waals surface area contributed by atoms with E-state index in [0.717, 1.165) is 147 Å². The SMILES string of the molecule is CCCCCC(C)(C)c1cc(CCC(=O)OC(COc2ccc(C(C)(C)c3ccc(OCC(CSC)OC(=O)CCc4cc(C(C)(C)CCCCC)c(O)c(C(C)(C)CCCCC)c4)cc3)cc2)CSC)cc(C(C)(C)CCCCC)c1O. The van der Waals surface area contributed by atoms with E-state index < -0.39 is 12.2 Å². The fourth-order valence-corrected chi connectivity index (χ4v) is 12.7. The number of phenols is 2. The molecule has 8 nitrogen and oxygen atoms in total. The lowest BCUT2D eigenvalue weighted by Gasteiger charge is -2.33. The molecule has 0 saturated heterocycles. The van der Waals surface area contributed by atoms with Crippen LogP contribution >= 0.6 is 23.5 Å². The minimum absolute atomic E-state index is 0.202. The van der Waals surface area contributed by atoms with Crippen molar-refractivity contribution in [3.8, 4) is 23.0 Å². The molecule has 0 aliphatic carbocycles. The van der Waals surface area contributed by atoms with Crippen LogP contribution in [0.5, 0.6) is 23.0 Å². The largest absolute Gasteiger partial charge is 0.507 e. The molecule has 2 unspecified atom stereocenters. The summed E-state index contributed by atoms with van der Waals surface area (Å²) < 4.78 is 24.7. The van der Waals surface area contributed by atoms with Crippen molar-refractivity contribution in [2.75, 3.05) is 37.2 Å². The Bertz CT molecular complexity index is 2300. The normalized spacial score (nSPS) is 13.2. The first-order chi connectivity index (χ1) is 39.3. The van der Waals surface area contributed by atoms with Gasteiger partial charge in [-0.15, -0.1) is 0 Å². The van der Waals surface area contributed by atoms with Gasteiger partial charge in [-0.25, -0.2) is 0 Å². The molecule has 464 valence electrons. The first-order valence-electron chi connectivity index (χ1n) is 31.9. The van der Waals surface area contributed by atoms with E-state index in [1.165, 1.54) is 0 Å². The molecule has 83 heavy (non-hydrogen) atoms. The molecule has 0 amide bonds. The van der Waals surface area contributed by atoms with Gasteiger partial charge in [0.25, 0.3) is 0 Å². The number of ether oxygens (including phenoxy) is 4. The predicted molar refractivity (Wildman–Crippen MR) is 354 cm³/mol. The number of carbonyl (C=O) groups excluding carboxylic acids is 2. The van der Waals surface area contributed by atoms with E-state index in [4.69, 9.17) is 18.9 Å². The number of phenolic OH excluding ortho intramolecular Hbond substituents is 2. The van der Waals surface area contributed by atoms with Gasteiger partial charge in [-0.1, -0.05) is 223 Å². The standard InChI is InChI=1S/C73H112O8S2/c1-17-21-25-41-69(5,6)61-45-53(46-62(67(61)76)70(7,8)42-26-22-18-2)29-39-65(74)80-59(51-82-15)49-78-57-35-31-55(32-36-57)73(13,14)56-33-37-58(38-34-56)79-50-60(52-83-16)81-66(75)40-30-54-47-63(71(9,10)43-27-23-19-3)68(77)64(48-54)72(11,12)44-28-24-20-4/h31-38,45-48,59-60,76-77H,17-30,39-44,49-52H2,1-16H3. The molecule has 4 aromatic rings. The van der Waals surface area contributed by atoms with Crippen molar-refractivity contribution in [2.24, 2.45) is 0 Å². The maximum Gasteiger partial charge on any atom is 0.306 e. The second-order valence-corrected chi connectivity index (χ2v) is 28.7. The van der Waals surface area contributed by atoms with Gasteiger partial charge in [0.2, 0.25) is 0 Å². The Morgan fingerprint density at radius 3 is 0.976 bits per heavy atom. The summed E-state index contributed by atoms with van der Waals surface area (Å²) in [7, 11) is 0. The summed E-state index contributed by atoms with van der Waals surface area (Å²) in [5, 5.41) is 23.7. The summed E-state index contributed by atoms with van der Waals surface area (Å²) in [6.45, 7) is 31.7. The van der Waals surface area contributed by atoms with E-state index in [2.05, 4.69) is 145 Å². The van der Waals surface area contributed by atoms with Crippen LogP contribution in [-0.2, 0) is 59.0 Å². The Hall–Kier alpha value is -4.28. The quantitative estimate of drug-likeness (QED) is 0.0330. The van der Waals surface area contributed by atoms with Crippen molar-refractivity contribution in [2.45, 2.75) is 265 Å². The van der Waals surface area contributed by atoms with Crippen LogP contribution in [0.1, 0.15) is 257 Å². The number of carbonyl (C=O) groups is 2. The van der Waals surface area contributed by atoms with E-state index in [9.17, 15) is 19.8 Å². The summed E-state index contributed by atoms with van der Waals surface area (Å²) >= 11 is 3.25. The summed E-state index contributed by atoms with van der Waals surface area (Å²) in [5.74, 6) is 2.98. The second-order valence-electron chi connectivity index (χ2n) is 26.9. The molecular weight excluding hydrogens is 1070 g/mol. The van der Waals surface area contributed by atoms with Crippen LogP contribution in [-0.4, -0.2) is 71.6 Å². The van der Waals surface area contributed by atoms with E-state index in [1.807, 2.05) is 36.8 Å². The van der Waals surface area contributed by atoms with E-state index in [-0.39, 0.29) is 65.1 Å². The van der Waals surface area contributed by atoms with Gasteiger partial charge in [-0.3, -0.25) is 9.59 Å². The molecule has 0 saturated carbocycles. The minimum Gasteiger partial charge on any atom is -0.507 e. The number of hydrogen-bond donors (Lipinski definition) is 2. The number of esters is 2. The van der Waals surface area contributed by atoms with Crippen LogP contribution in [0.4, 0.5) is 0 Å². The fourth-order valence-electron chi connectivity index (χ4n) is 11.6. The Kier molecular flexibility index (Phi) is 29.3. The molecule has 4 rings (SSSR count). The van der Waals surface area contributed by atoms with E-state index >= 15 is 0 Å². The van der Waals surface area contributed by atoms with Gasteiger partial charge >= 0.3 is 11.9 Å². The molecule has 2 atom stereocenters. The molecule has 2 N–H and O–H groups in total. The highest BCUT2D eigenvalue weighted by molar-refractivity contribution is 7.98. The third kappa shape index (κ3) is 22.2. The van der Waals surface area contributed by atoms with Crippen LogP contribution in [0.15, 0.2) is 72.8 Å². The van der Waals surface area contributed by atoms with Crippen molar-refractivity contribution in [1.29, 1.82) is 0 Å². The van der Waals surface area contributed by atoms with Crippen molar-refractivity contribution in [3.05, 3.63) is 117 Å². The zero-order valence-electron chi connectivity index (χ0n) is 54.7. The maximum atomic E-state index is 13.5. The van der Waals surface area contributed by atoms with Gasteiger partial charge in [0.15, 0.2) is 0 Å². The number of unbranched alkanes of at least 4 members (excludes halogenated alkanes) is 8. The van der Waals surface area contributed by atoms with Gasteiger partial charge in [0.1, 0.15) is 48.4 Å². The number of rotatable bonds is 40. The lowest BCUT2D eigenvalue weighted by Crippen LogP contribution is -2.28. The number of aromatic hydroxyl groups is 2. The summed E-state index contributed by atoms with van der Waals surface area (Å²) in [5.41, 5.74) is 7.16. The smallest absolute Gasteiger partial charge is 0.306 e. The first kappa shape index (κ1) is 71.2. The summed E-state index contributed by atoms with van der Waals surface area (Å²) in [6, 6.07) is 24.9. The van der Waals surface area contributed by atoms with Gasteiger partial charge < -0.3 is 29.2 Å². The molecule has 10 heteroatoms. The van der Waals surface area contributed by atoms with E-state index in [1.54, 1.807) is 23.5 Å². The van der Waals surface area contributed by atoms with Gasteiger partial charge in [-0.05, 0) is 119 Å². The topological polar surface area (TPSA) is 112 Å². The molecule has 0 aliphatic rings. The van der Waals surface area contributed by atoms with Gasteiger partial charge in [0.05, 0.1) is 0 Å². The summed E-state index contributed by atoms with van der Waals surface area (Å²) in [4.78, 5) is 27.1. The number of aryl methyl sites for hydroxylation is 2. The zero-order valence-corrected chi connectivity index (χ0v) is 56.3. The minimum atomic E-state index is -0.410. The molecule has 0 radical (unpaired) electrons. The molecule has 4 aromatic carbocycles. The van der Waals surface area contributed by atoms with Crippen molar-refractivity contribution in [1.82, 2.24) is 0 Å². The Morgan fingerprint density at radius 1 is 0.446 bits per heavy atom. The lowest BCUT2D eigenvalue weighted by atomic mass is 9.73. The average molecular weight is 1180 g/mol. The van der Waals surface area contributed by atoms with Crippen LogP contribution in [0.2, 0.25) is 0 Å². The lowest BCUT2D eigenvalue weighted by molar-refractivity contribution is -0.150. The maximum absolute atomic E-state index is 13.5. The summed E-state index contributed by atoms with van der Waals surface area (Å²) in [6.07, 6.45) is 22.4. The highest BCUT2D eigenvalue weighted by Gasteiger charge is 2.34. The highest BCUT2D eigenvalue weighted by Crippen LogP contribution is 2.46. The van der Waals surface area contributed by atoms with Gasteiger partial charge in [-0.2, -0.15) is 23.5 Å². The molecule has 0 bridgehead atoms. The second kappa shape index (κ2) is 34.2. The van der Waals surface area contributed by atoms with E-state index in [0.29, 0.717) is 47.3 Å². The highest BCUT2D eigenvalue weighted by atomic mass is 32.2. The number of benzene rings is 4. The van der Waals surface area contributed by atoms with Crippen LogP contribution < -0.4 is 9.47 Å². The van der Waals surface area contributed by atoms with Crippen molar-refractivity contribution < 1.29 is 38.7 Å². The van der Waals surface area contributed by atoms with Crippen LogP contribution in [0.25, 0.3) is 0 Å². The van der Waals surface area contributed by atoms with Crippen LogP contribution in [0, 0.1) is 0 Å². The monoisotopic (exact) mass is 1180 g/mol. The fraction of sp³-hybridized carbons (Fsp3) is 0.644. The van der Waals surface area contributed by atoms with Crippen molar-refractivity contribution in [3.63, 3.8) is 0 Å². The van der Waals surface area contributed by atoms with Crippen LogP contribution in [0.3, 0.4) is 0 Å². The molecule has 0 aromatic heterocycles. The predicted octanol–water partition coefficient (Wildman–Crippen LogP) is 19.4. The molecule has 0 spiro atoms. The zero-order chi connectivity index (χ0) is 61.4. The number of hydrogen-bond acceptors (Lipinski definition) is 10. The molecule has 0 heterocycles. The number of thioether (sulfide) groups is 2. The third-order valence-electron chi connectivity index (χ3n) is 17.4. The first-order valence-corrected chi connectivity index (χ1v) is 34.6. The Morgan fingerprint density at radius 2 is 0.723 bits per heavy atom. The molecule has 0 fully saturated rings. The Balaban J connectivity index is 1.36. The molecule has 0 aliphatic heterocycles. The molecular formula is C73H112O8S2.